The van der Waals surface area contributed by atoms with Crippen LogP contribution in [0.1, 0.15) is 18.9 Å². The largest absolute Gasteiger partial charge is 0.323 e. The summed E-state index contributed by atoms with van der Waals surface area (Å²) in [6.07, 6.45) is 3.95. The SMILES string of the molecule is CCCc1ccc(-c2c[nH]c(=O)[nH]2)cc1. The molecular formula is C12H14N2O. The van der Waals surface area contributed by atoms with E-state index in [2.05, 4.69) is 29.0 Å². The maximum atomic E-state index is 10.9. The maximum Gasteiger partial charge on any atom is 0.323 e. The van der Waals surface area contributed by atoms with Gasteiger partial charge in [0, 0.05) is 6.20 Å². The van der Waals surface area contributed by atoms with Crippen molar-refractivity contribution in [3.05, 3.63) is 46.5 Å². The summed E-state index contributed by atoms with van der Waals surface area (Å²) in [5.41, 5.74) is 3.04. The third kappa shape index (κ3) is 2.18. The fourth-order valence-corrected chi connectivity index (χ4v) is 1.63. The third-order valence-electron chi connectivity index (χ3n) is 2.40. The number of aryl methyl sites for hydroxylation is 1. The highest BCUT2D eigenvalue weighted by Crippen LogP contribution is 2.16. The van der Waals surface area contributed by atoms with E-state index in [1.165, 1.54) is 5.56 Å². The molecule has 2 aromatic rings. The molecule has 2 rings (SSSR count). The summed E-state index contributed by atoms with van der Waals surface area (Å²) in [6.45, 7) is 2.16. The van der Waals surface area contributed by atoms with Gasteiger partial charge in [-0.25, -0.2) is 4.79 Å². The van der Waals surface area contributed by atoms with E-state index < -0.39 is 0 Å². The van der Waals surface area contributed by atoms with Crippen molar-refractivity contribution < 1.29 is 0 Å². The van der Waals surface area contributed by atoms with Gasteiger partial charge in [-0.2, -0.15) is 0 Å². The van der Waals surface area contributed by atoms with Gasteiger partial charge >= 0.3 is 5.69 Å². The molecular weight excluding hydrogens is 188 g/mol. The van der Waals surface area contributed by atoms with Crippen LogP contribution in [0.25, 0.3) is 11.3 Å². The lowest BCUT2D eigenvalue weighted by Gasteiger charge is -2.00. The molecule has 15 heavy (non-hydrogen) atoms. The molecule has 0 fully saturated rings. The highest BCUT2D eigenvalue weighted by Gasteiger charge is 1.99. The Labute approximate surface area is 88.2 Å². The molecule has 0 aliphatic rings. The summed E-state index contributed by atoms with van der Waals surface area (Å²) in [5.74, 6) is 0. The molecule has 1 heterocycles. The summed E-state index contributed by atoms with van der Waals surface area (Å²) < 4.78 is 0. The number of benzene rings is 1. The number of hydrogen-bond donors (Lipinski definition) is 2. The van der Waals surface area contributed by atoms with Crippen LogP contribution in [0.2, 0.25) is 0 Å². The lowest BCUT2D eigenvalue weighted by Crippen LogP contribution is -1.99. The molecule has 0 radical (unpaired) electrons. The molecule has 0 aliphatic heterocycles. The average Bonchev–Trinajstić information content (AvgIpc) is 2.67. The van der Waals surface area contributed by atoms with Crippen LogP contribution in [0.5, 0.6) is 0 Å². The Morgan fingerprint density at radius 2 is 1.93 bits per heavy atom. The van der Waals surface area contributed by atoms with E-state index in [1.54, 1.807) is 6.20 Å². The van der Waals surface area contributed by atoms with Crippen LogP contribution in [-0.2, 0) is 6.42 Å². The molecule has 0 amide bonds. The highest BCUT2D eigenvalue weighted by atomic mass is 16.1. The normalized spacial score (nSPS) is 10.5. The van der Waals surface area contributed by atoms with Gasteiger partial charge in [0.15, 0.2) is 0 Å². The maximum absolute atomic E-state index is 10.9. The van der Waals surface area contributed by atoms with Crippen molar-refractivity contribution in [3.63, 3.8) is 0 Å². The van der Waals surface area contributed by atoms with Crippen molar-refractivity contribution in [1.29, 1.82) is 0 Å². The van der Waals surface area contributed by atoms with E-state index in [1.807, 2.05) is 12.1 Å². The second kappa shape index (κ2) is 4.17. The first-order valence-electron chi connectivity index (χ1n) is 5.16. The number of H-pyrrole nitrogens is 2. The van der Waals surface area contributed by atoms with Gasteiger partial charge in [0.25, 0.3) is 0 Å². The topological polar surface area (TPSA) is 48.6 Å². The molecule has 3 nitrogen and oxygen atoms in total. The summed E-state index contributed by atoms with van der Waals surface area (Å²) in [5, 5.41) is 0. The number of aromatic nitrogens is 2. The Balaban J connectivity index is 2.27. The van der Waals surface area contributed by atoms with Crippen LogP contribution in [0.4, 0.5) is 0 Å². The molecule has 78 valence electrons. The summed E-state index contributed by atoms with van der Waals surface area (Å²) >= 11 is 0. The van der Waals surface area contributed by atoms with Gasteiger partial charge in [0.1, 0.15) is 0 Å². The first kappa shape index (κ1) is 9.77. The van der Waals surface area contributed by atoms with Gasteiger partial charge in [-0.3, -0.25) is 0 Å². The molecule has 0 saturated heterocycles. The van der Waals surface area contributed by atoms with Gasteiger partial charge in [-0.1, -0.05) is 37.6 Å². The molecule has 0 aliphatic carbocycles. The number of aromatic amines is 2. The molecule has 0 spiro atoms. The zero-order chi connectivity index (χ0) is 10.7. The summed E-state index contributed by atoms with van der Waals surface area (Å²) in [4.78, 5) is 16.3. The Hall–Kier alpha value is -1.77. The molecule has 1 aromatic carbocycles. The average molecular weight is 202 g/mol. The fraction of sp³-hybridized carbons (Fsp3) is 0.250. The van der Waals surface area contributed by atoms with Gasteiger partial charge in [-0.05, 0) is 17.5 Å². The minimum atomic E-state index is -0.164. The smallest absolute Gasteiger partial charge is 0.312 e. The predicted octanol–water partition coefficient (Wildman–Crippen LogP) is 2.32. The van der Waals surface area contributed by atoms with Crippen LogP contribution in [0, 0.1) is 0 Å². The number of imidazole rings is 1. The van der Waals surface area contributed by atoms with Gasteiger partial charge < -0.3 is 9.97 Å². The van der Waals surface area contributed by atoms with Gasteiger partial charge in [0.2, 0.25) is 0 Å². The second-order valence-corrected chi connectivity index (χ2v) is 3.60. The lowest BCUT2D eigenvalue weighted by atomic mass is 10.1. The fourth-order valence-electron chi connectivity index (χ4n) is 1.63. The van der Waals surface area contributed by atoms with Crippen molar-refractivity contribution in [1.82, 2.24) is 9.97 Å². The van der Waals surface area contributed by atoms with Crippen molar-refractivity contribution in [2.24, 2.45) is 0 Å². The Morgan fingerprint density at radius 1 is 1.20 bits per heavy atom. The number of nitrogens with one attached hydrogen (secondary N) is 2. The monoisotopic (exact) mass is 202 g/mol. The number of hydrogen-bond acceptors (Lipinski definition) is 1. The molecule has 0 atom stereocenters. The van der Waals surface area contributed by atoms with Crippen molar-refractivity contribution in [2.75, 3.05) is 0 Å². The van der Waals surface area contributed by atoms with Crippen LogP contribution < -0.4 is 5.69 Å². The standard InChI is InChI=1S/C12H14N2O/c1-2-3-9-4-6-10(7-5-9)11-8-13-12(15)14-11/h4-8H,2-3H2,1H3,(H2,13,14,15). The van der Waals surface area contributed by atoms with Gasteiger partial charge in [-0.15, -0.1) is 0 Å². The molecule has 1 aromatic heterocycles. The summed E-state index contributed by atoms with van der Waals surface area (Å²) in [7, 11) is 0. The Morgan fingerprint density at radius 3 is 2.47 bits per heavy atom. The van der Waals surface area contributed by atoms with E-state index in [9.17, 15) is 4.79 Å². The molecule has 0 saturated carbocycles. The second-order valence-electron chi connectivity index (χ2n) is 3.60. The van der Waals surface area contributed by atoms with Crippen molar-refractivity contribution in [3.8, 4) is 11.3 Å². The Bertz CT molecular complexity index is 479. The van der Waals surface area contributed by atoms with E-state index >= 15 is 0 Å². The molecule has 0 unspecified atom stereocenters. The quantitative estimate of drug-likeness (QED) is 0.788. The van der Waals surface area contributed by atoms with E-state index in [0.717, 1.165) is 24.1 Å². The zero-order valence-electron chi connectivity index (χ0n) is 8.71. The zero-order valence-corrected chi connectivity index (χ0v) is 8.71. The predicted molar refractivity (Wildman–Crippen MR) is 60.8 cm³/mol. The number of rotatable bonds is 3. The first-order valence-corrected chi connectivity index (χ1v) is 5.16. The lowest BCUT2D eigenvalue weighted by molar-refractivity contribution is 0.922. The highest BCUT2D eigenvalue weighted by molar-refractivity contribution is 5.58. The molecule has 3 heteroatoms. The Kier molecular flexibility index (Phi) is 2.72. The third-order valence-corrected chi connectivity index (χ3v) is 2.40. The van der Waals surface area contributed by atoms with Crippen molar-refractivity contribution in [2.45, 2.75) is 19.8 Å². The van der Waals surface area contributed by atoms with E-state index in [0.29, 0.717) is 0 Å². The van der Waals surface area contributed by atoms with Crippen LogP contribution >= 0.6 is 0 Å². The van der Waals surface area contributed by atoms with Crippen molar-refractivity contribution >= 4 is 0 Å². The summed E-state index contributed by atoms with van der Waals surface area (Å²) in [6, 6.07) is 8.27. The molecule has 2 N–H and O–H groups in total. The van der Waals surface area contributed by atoms with Crippen LogP contribution in [0.3, 0.4) is 0 Å². The van der Waals surface area contributed by atoms with Crippen LogP contribution in [0.15, 0.2) is 35.3 Å². The van der Waals surface area contributed by atoms with E-state index in [4.69, 9.17) is 0 Å². The van der Waals surface area contributed by atoms with E-state index in [-0.39, 0.29) is 5.69 Å². The first-order chi connectivity index (χ1) is 7.29. The molecule has 0 bridgehead atoms. The minimum absolute atomic E-state index is 0.164. The van der Waals surface area contributed by atoms with Crippen LogP contribution in [-0.4, -0.2) is 9.97 Å². The minimum Gasteiger partial charge on any atom is -0.312 e. The van der Waals surface area contributed by atoms with Gasteiger partial charge in [0.05, 0.1) is 5.69 Å².